The SMILES string of the molecule is CC(C)C1COC(C=O)O1. The Balaban J connectivity index is 2.35. The second-order valence-electron chi connectivity index (χ2n) is 2.76. The van der Waals surface area contributed by atoms with Crippen LogP contribution in [0.15, 0.2) is 0 Å². The molecule has 0 aliphatic carbocycles. The number of hydrogen-bond donors (Lipinski definition) is 0. The Hall–Kier alpha value is -0.410. The lowest BCUT2D eigenvalue weighted by Gasteiger charge is -2.10. The average Bonchev–Trinajstić information content (AvgIpc) is 2.34. The first-order valence-electron chi connectivity index (χ1n) is 3.46. The zero-order chi connectivity index (χ0) is 7.56. The largest absolute Gasteiger partial charge is 0.343 e. The van der Waals surface area contributed by atoms with Crippen LogP contribution in [0.25, 0.3) is 0 Å². The van der Waals surface area contributed by atoms with Gasteiger partial charge in [0.2, 0.25) is 6.29 Å². The molecule has 3 nitrogen and oxygen atoms in total. The Labute approximate surface area is 60.3 Å². The molecule has 0 radical (unpaired) electrons. The Morgan fingerprint density at radius 1 is 1.60 bits per heavy atom. The average molecular weight is 144 g/mol. The standard InChI is InChI=1S/C7H12O3/c1-5(2)6-4-9-7(3-8)10-6/h3,5-7H,4H2,1-2H3. The summed E-state index contributed by atoms with van der Waals surface area (Å²) in [4.78, 5) is 10.1. The van der Waals surface area contributed by atoms with Gasteiger partial charge in [-0.15, -0.1) is 0 Å². The first kappa shape index (κ1) is 7.69. The second-order valence-corrected chi connectivity index (χ2v) is 2.76. The maximum atomic E-state index is 10.1. The van der Waals surface area contributed by atoms with Gasteiger partial charge in [0.15, 0.2) is 6.29 Å². The summed E-state index contributed by atoms with van der Waals surface area (Å²) in [7, 11) is 0. The molecule has 0 aromatic carbocycles. The van der Waals surface area contributed by atoms with Gasteiger partial charge in [-0.05, 0) is 5.92 Å². The Bertz CT molecular complexity index is 122. The third-order valence-electron chi connectivity index (χ3n) is 1.59. The van der Waals surface area contributed by atoms with Crippen LogP contribution in [0, 0.1) is 5.92 Å². The van der Waals surface area contributed by atoms with Crippen LogP contribution in [0.3, 0.4) is 0 Å². The van der Waals surface area contributed by atoms with E-state index in [1.54, 1.807) is 0 Å². The van der Waals surface area contributed by atoms with Gasteiger partial charge in [0.05, 0.1) is 12.7 Å². The van der Waals surface area contributed by atoms with Crippen molar-refractivity contribution in [3.05, 3.63) is 0 Å². The van der Waals surface area contributed by atoms with Crippen LogP contribution in [-0.4, -0.2) is 25.3 Å². The maximum Gasteiger partial charge on any atom is 0.215 e. The molecule has 0 spiro atoms. The van der Waals surface area contributed by atoms with Crippen LogP contribution in [0.1, 0.15) is 13.8 Å². The first-order chi connectivity index (χ1) is 4.74. The lowest BCUT2D eigenvalue weighted by Crippen LogP contribution is -2.18. The van der Waals surface area contributed by atoms with Crippen LogP contribution in [0.2, 0.25) is 0 Å². The second kappa shape index (κ2) is 3.12. The molecule has 3 heteroatoms. The summed E-state index contributed by atoms with van der Waals surface area (Å²) in [5.74, 6) is 0.421. The molecule has 1 fully saturated rings. The summed E-state index contributed by atoms with van der Waals surface area (Å²) in [6.07, 6.45) is 0.158. The summed E-state index contributed by atoms with van der Waals surface area (Å²) < 4.78 is 10.2. The van der Waals surface area contributed by atoms with E-state index in [2.05, 4.69) is 0 Å². The summed E-state index contributed by atoms with van der Waals surface area (Å²) in [5, 5.41) is 0. The highest BCUT2D eigenvalue weighted by Crippen LogP contribution is 2.16. The van der Waals surface area contributed by atoms with Crippen LogP contribution >= 0.6 is 0 Å². The van der Waals surface area contributed by atoms with Crippen molar-refractivity contribution in [1.82, 2.24) is 0 Å². The van der Waals surface area contributed by atoms with Gasteiger partial charge in [-0.25, -0.2) is 0 Å². The van der Waals surface area contributed by atoms with Gasteiger partial charge >= 0.3 is 0 Å². The molecule has 0 amide bonds. The highest BCUT2D eigenvalue weighted by molar-refractivity contribution is 5.54. The van der Waals surface area contributed by atoms with Crippen LogP contribution < -0.4 is 0 Å². The molecule has 0 bridgehead atoms. The number of rotatable bonds is 2. The van der Waals surface area contributed by atoms with Gasteiger partial charge in [0, 0.05) is 0 Å². The molecule has 0 saturated carbocycles. The molecule has 2 atom stereocenters. The minimum absolute atomic E-state index is 0.0928. The Morgan fingerprint density at radius 2 is 2.30 bits per heavy atom. The monoisotopic (exact) mass is 144 g/mol. The van der Waals surface area contributed by atoms with Gasteiger partial charge in [-0.1, -0.05) is 13.8 Å². The molecule has 58 valence electrons. The van der Waals surface area contributed by atoms with Crippen molar-refractivity contribution < 1.29 is 14.3 Å². The fraction of sp³-hybridized carbons (Fsp3) is 0.857. The Kier molecular flexibility index (Phi) is 2.40. The molecule has 10 heavy (non-hydrogen) atoms. The van der Waals surface area contributed by atoms with Crippen LogP contribution in [0.5, 0.6) is 0 Å². The lowest BCUT2D eigenvalue weighted by molar-refractivity contribution is -0.133. The predicted octanol–water partition coefficient (Wildman–Crippen LogP) is 0.583. The number of ether oxygens (including phenoxy) is 2. The molecular weight excluding hydrogens is 132 g/mol. The minimum atomic E-state index is -0.618. The third kappa shape index (κ3) is 1.55. The van der Waals surface area contributed by atoms with Crippen molar-refractivity contribution in [2.75, 3.05) is 6.61 Å². The van der Waals surface area contributed by atoms with Crippen molar-refractivity contribution in [3.8, 4) is 0 Å². The molecule has 1 heterocycles. The van der Waals surface area contributed by atoms with Crippen molar-refractivity contribution in [3.63, 3.8) is 0 Å². The van der Waals surface area contributed by atoms with Crippen LogP contribution in [-0.2, 0) is 14.3 Å². The number of aldehydes is 1. The molecule has 1 aliphatic rings. The zero-order valence-corrected chi connectivity index (χ0v) is 6.24. The van der Waals surface area contributed by atoms with E-state index < -0.39 is 6.29 Å². The minimum Gasteiger partial charge on any atom is -0.343 e. The first-order valence-corrected chi connectivity index (χ1v) is 3.46. The fourth-order valence-electron chi connectivity index (χ4n) is 0.861. The van der Waals surface area contributed by atoms with Crippen molar-refractivity contribution in [2.45, 2.75) is 26.2 Å². The van der Waals surface area contributed by atoms with E-state index in [9.17, 15) is 4.79 Å². The molecule has 2 unspecified atom stereocenters. The van der Waals surface area contributed by atoms with Crippen molar-refractivity contribution in [1.29, 1.82) is 0 Å². The zero-order valence-electron chi connectivity index (χ0n) is 6.24. The van der Waals surface area contributed by atoms with Crippen molar-refractivity contribution >= 4 is 6.29 Å². The van der Waals surface area contributed by atoms with E-state index in [0.717, 1.165) is 0 Å². The highest BCUT2D eigenvalue weighted by Gasteiger charge is 2.27. The highest BCUT2D eigenvalue weighted by atomic mass is 16.7. The lowest BCUT2D eigenvalue weighted by atomic mass is 10.1. The smallest absolute Gasteiger partial charge is 0.215 e. The van der Waals surface area contributed by atoms with Crippen molar-refractivity contribution in [2.24, 2.45) is 5.92 Å². The van der Waals surface area contributed by atoms with E-state index in [0.29, 0.717) is 18.8 Å². The predicted molar refractivity (Wildman–Crippen MR) is 35.5 cm³/mol. The normalized spacial score (nSPS) is 33.1. The maximum absolute atomic E-state index is 10.1. The van der Waals surface area contributed by atoms with E-state index in [-0.39, 0.29) is 6.10 Å². The third-order valence-corrected chi connectivity index (χ3v) is 1.59. The number of carbonyl (C=O) groups excluding carboxylic acids is 1. The van der Waals surface area contributed by atoms with Gasteiger partial charge in [-0.3, -0.25) is 4.79 Å². The summed E-state index contributed by atoms with van der Waals surface area (Å²) >= 11 is 0. The van der Waals surface area contributed by atoms with Gasteiger partial charge in [-0.2, -0.15) is 0 Å². The van der Waals surface area contributed by atoms with Crippen LogP contribution in [0.4, 0.5) is 0 Å². The number of carbonyl (C=O) groups is 1. The number of hydrogen-bond acceptors (Lipinski definition) is 3. The molecule has 0 N–H and O–H groups in total. The quantitative estimate of drug-likeness (QED) is 0.532. The summed E-state index contributed by atoms with van der Waals surface area (Å²) in [6.45, 7) is 4.63. The summed E-state index contributed by atoms with van der Waals surface area (Å²) in [6, 6.07) is 0. The molecule has 0 aromatic heterocycles. The molecule has 1 rings (SSSR count). The molecule has 1 saturated heterocycles. The fourth-order valence-corrected chi connectivity index (χ4v) is 0.861. The molecular formula is C7H12O3. The topological polar surface area (TPSA) is 35.5 Å². The van der Waals surface area contributed by atoms with Gasteiger partial charge in [0.25, 0.3) is 0 Å². The Morgan fingerprint density at radius 3 is 2.60 bits per heavy atom. The van der Waals surface area contributed by atoms with E-state index in [4.69, 9.17) is 9.47 Å². The van der Waals surface area contributed by atoms with E-state index in [1.165, 1.54) is 0 Å². The summed E-state index contributed by atoms with van der Waals surface area (Å²) in [5.41, 5.74) is 0. The molecule has 0 aromatic rings. The van der Waals surface area contributed by atoms with E-state index in [1.807, 2.05) is 13.8 Å². The van der Waals surface area contributed by atoms with E-state index >= 15 is 0 Å². The molecule has 1 aliphatic heterocycles. The van der Waals surface area contributed by atoms with Gasteiger partial charge < -0.3 is 9.47 Å². The van der Waals surface area contributed by atoms with Gasteiger partial charge in [0.1, 0.15) is 0 Å².